The minimum Gasteiger partial charge on any atom is -0.373 e. The van der Waals surface area contributed by atoms with Crippen LogP contribution in [0.3, 0.4) is 0 Å². The molecule has 1 unspecified atom stereocenters. The van der Waals surface area contributed by atoms with Gasteiger partial charge >= 0.3 is 6.18 Å². The summed E-state index contributed by atoms with van der Waals surface area (Å²) in [6.45, 7) is 3.72. The fourth-order valence-corrected chi connectivity index (χ4v) is 2.65. The molecule has 0 aromatic heterocycles. The van der Waals surface area contributed by atoms with Crippen molar-refractivity contribution in [2.75, 3.05) is 32.1 Å². The van der Waals surface area contributed by atoms with E-state index in [2.05, 4.69) is 28.2 Å². The molecule has 1 atom stereocenters. The van der Waals surface area contributed by atoms with E-state index in [1.807, 2.05) is 19.0 Å². The van der Waals surface area contributed by atoms with Crippen LogP contribution >= 0.6 is 15.9 Å². The van der Waals surface area contributed by atoms with Gasteiger partial charge in [0, 0.05) is 18.1 Å². The zero-order chi connectivity index (χ0) is 14.6. The summed E-state index contributed by atoms with van der Waals surface area (Å²) in [4.78, 5) is 1.95. The van der Waals surface area contributed by atoms with Gasteiger partial charge in [-0.25, -0.2) is 0 Å². The van der Waals surface area contributed by atoms with Gasteiger partial charge in [-0.15, -0.1) is 0 Å². The van der Waals surface area contributed by atoms with Gasteiger partial charge in [0.25, 0.3) is 0 Å². The summed E-state index contributed by atoms with van der Waals surface area (Å²) in [5, 5.41) is 3.08. The van der Waals surface area contributed by atoms with E-state index in [-0.39, 0.29) is 0 Å². The number of hydrogen-bond acceptors (Lipinski definition) is 2. The summed E-state index contributed by atoms with van der Waals surface area (Å²) < 4.78 is 38.2. The Morgan fingerprint density at radius 1 is 1.37 bits per heavy atom. The maximum Gasteiger partial charge on any atom is 0.416 e. The molecular formula is C13H18BrF3N2. The maximum absolute atomic E-state index is 12.6. The van der Waals surface area contributed by atoms with E-state index in [9.17, 15) is 13.2 Å². The molecule has 6 heteroatoms. The van der Waals surface area contributed by atoms with Crippen LogP contribution in [0.1, 0.15) is 12.5 Å². The van der Waals surface area contributed by atoms with Crippen molar-refractivity contribution in [3.8, 4) is 0 Å². The SMILES string of the molecule is CNCC(C)CN(C)c1ccc(C(F)(F)F)cc1Br. The third kappa shape index (κ3) is 4.69. The van der Waals surface area contributed by atoms with Crippen LogP contribution in [0, 0.1) is 5.92 Å². The van der Waals surface area contributed by atoms with Crippen molar-refractivity contribution in [3.05, 3.63) is 28.2 Å². The first-order valence-electron chi connectivity index (χ1n) is 5.98. The lowest BCUT2D eigenvalue weighted by atomic mass is 10.1. The summed E-state index contributed by atoms with van der Waals surface area (Å²) >= 11 is 3.21. The van der Waals surface area contributed by atoms with Crippen molar-refractivity contribution in [1.29, 1.82) is 0 Å². The molecule has 1 aromatic rings. The molecule has 0 saturated heterocycles. The highest BCUT2D eigenvalue weighted by Crippen LogP contribution is 2.35. The van der Waals surface area contributed by atoms with E-state index in [4.69, 9.17) is 0 Å². The van der Waals surface area contributed by atoms with Crippen molar-refractivity contribution in [1.82, 2.24) is 5.32 Å². The summed E-state index contributed by atoms with van der Waals surface area (Å²) in [6.07, 6.45) is -4.31. The second kappa shape index (κ2) is 6.61. The molecule has 0 aliphatic carbocycles. The van der Waals surface area contributed by atoms with Gasteiger partial charge in [0.05, 0.1) is 11.3 Å². The predicted molar refractivity (Wildman–Crippen MR) is 75.5 cm³/mol. The van der Waals surface area contributed by atoms with Crippen molar-refractivity contribution < 1.29 is 13.2 Å². The van der Waals surface area contributed by atoms with E-state index in [1.54, 1.807) is 0 Å². The second-order valence-electron chi connectivity index (χ2n) is 4.71. The molecule has 1 aromatic carbocycles. The molecule has 0 fully saturated rings. The highest BCUT2D eigenvalue weighted by Gasteiger charge is 2.31. The minimum absolute atomic E-state index is 0.407. The number of rotatable bonds is 5. The number of nitrogens with one attached hydrogen (secondary N) is 1. The van der Waals surface area contributed by atoms with Crippen LogP contribution < -0.4 is 10.2 Å². The number of anilines is 1. The molecule has 1 N–H and O–H groups in total. The maximum atomic E-state index is 12.6. The van der Waals surface area contributed by atoms with Crippen LogP contribution in [0.15, 0.2) is 22.7 Å². The van der Waals surface area contributed by atoms with Crippen molar-refractivity contribution in [3.63, 3.8) is 0 Å². The standard InChI is InChI=1S/C13H18BrF3N2/c1-9(7-18-2)8-19(3)12-5-4-10(6-11(12)14)13(15,16)17/h4-6,9,18H,7-8H2,1-3H3. The molecule has 0 saturated carbocycles. The number of hydrogen-bond donors (Lipinski definition) is 1. The summed E-state index contributed by atoms with van der Waals surface area (Å²) in [7, 11) is 3.75. The zero-order valence-electron chi connectivity index (χ0n) is 11.2. The minimum atomic E-state index is -4.31. The van der Waals surface area contributed by atoms with Gasteiger partial charge in [-0.05, 0) is 53.6 Å². The van der Waals surface area contributed by atoms with Gasteiger partial charge in [-0.3, -0.25) is 0 Å². The van der Waals surface area contributed by atoms with E-state index >= 15 is 0 Å². The van der Waals surface area contributed by atoms with Crippen LogP contribution in [0.2, 0.25) is 0 Å². The summed E-state index contributed by atoms with van der Waals surface area (Å²) in [5.74, 6) is 0.407. The molecule has 19 heavy (non-hydrogen) atoms. The molecule has 0 aliphatic rings. The van der Waals surface area contributed by atoms with Crippen LogP contribution in [-0.4, -0.2) is 27.2 Å². The van der Waals surface area contributed by atoms with Crippen molar-refractivity contribution in [2.45, 2.75) is 13.1 Å². The molecule has 0 heterocycles. The Morgan fingerprint density at radius 2 is 2.00 bits per heavy atom. The highest BCUT2D eigenvalue weighted by atomic mass is 79.9. The Kier molecular flexibility index (Phi) is 5.67. The quantitative estimate of drug-likeness (QED) is 0.879. The first-order valence-corrected chi connectivity index (χ1v) is 6.77. The Balaban J connectivity index is 2.84. The van der Waals surface area contributed by atoms with Crippen molar-refractivity contribution in [2.24, 2.45) is 5.92 Å². The van der Waals surface area contributed by atoms with Gasteiger partial charge in [-0.1, -0.05) is 6.92 Å². The van der Waals surface area contributed by atoms with Gasteiger partial charge in [0.1, 0.15) is 0 Å². The Bertz CT molecular complexity index is 421. The Hall–Kier alpha value is -0.750. The van der Waals surface area contributed by atoms with Crippen LogP contribution in [0.5, 0.6) is 0 Å². The van der Waals surface area contributed by atoms with E-state index in [0.29, 0.717) is 10.4 Å². The van der Waals surface area contributed by atoms with Crippen molar-refractivity contribution >= 4 is 21.6 Å². The Labute approximate surface area is 120 Å². The monoisotopic (exact) mass is 338 g/mol. The van der Waals surface area contributed by atoms with Crippen LogP contribution in [0.4, 0.5) is 18.9 Å². The zero-order valence-corrected chi connectivity index (χ0v) is 12.8. The first kappa shape index (κ1) is 16.3. The lowest BCUT2D eigenvalue weighted by molar-refractivity contribution is -0.137. The second-order valence-corrected chi connectivity index (χ2v) is 5.56. The van der Waals surface area contributed by atoms with E-state index < -0.39 is 11.7 Å². The highest BCUT2D eigenvalue weighted by molar-refractivity contribution is 9.10. The molecule has 108 valence electrons. The van der Waals surface area contributed by atoms with E-state index in [1.165, 1.54) is 6.07 Å². The molecule has 0 radical (unpaired) electrons. The molecule has 0 amide bonds. The lowest BCUT2D eigenvalue weighted by Crippen LogP contribution is -2.29. The predicted octanol–water partition coefficient (Wildman–Crippen LogP) is 3.76. The first-order chi connectivity index (χ1) is 8.75. The average molecular weight is 339 g/mol. The third-order valence-corrected chi connectivity index (χ3v) is 3.46. The molecule has 0 aliphatic heterocycles. The molecular weight excluding hydrogens is 321 g/mol. The largest absolute Gasteiger partial charge is 0.416 e. The normalized spacial score (nSPS) is 13.4. The molecule has 1 rings (SSSR count). The van der Waals surface area contributed by atoms with E-state index in [0.717, 1.165) is 30.9 Å². The molecule has 2 nitrogen and oxygen atoms in total. The van der Waals surface area contributed by atoms with Gasteiger partial charge in [0.2, 0.25) is 0 Å². The third-order valence-electron chi connectivity index (χ3n) is 2.82. The number of nitrogens with zero attached hydrogens (tertiary/aromatic N) is 1. The average Bonchev–Trinajstić information content (AvgIpc) is 2.27. The summed E-state index contributed by atoms with van der Waals surface area (Å²) in [5.41, 5.74) is 0.121. The smallest absolute Gasteiger partial charge is 0.373 e. The number of alkyl halides is 3. The number of halogens is 4. The van der Waals surface area contributed by atoms with Gasteiger partial charge in [0.15, 0.2) is 0 Å². The fraction of sp³-hybridized carbons (Fsp3) is 0.538. The molecule has 0 bridgehead atoms. The summed E-state index contributed by atoms with van der Waals surface area (Å²) in [6, 6.07) is 3.73. The number of benzene rings is 1. The molecule has 0 spiro atoms. The van der Waals surface area contributed by atoms with Gasteiger partial charge < -0.3 is 10.2 Å². The fourth-order valence-electron chi connectivity index (χ4n) is 1.97. The van der Waals surface area contributed by atoms with Crippen LogP contribution in [0.25, 0.3) is 0 Å². The topological polar surface area (TPSA) is 15.3 Å². The van der Waals surface area contributed by atoms with Gasteiger partial charge in [-0.2, -0.15) is 13.2 Å². The van der Waals surface area contributed by atoms with Crippen LogP contribution in [-0.2, 0) is 6.18 Å². The Morgan fingerprint density at radius 3 is 2.47 bits per heavy atom. The lowest BCUT2D eigenvalue weighted by Gasteiger charge is -2.25.